The third-order valence-corrected chi connectivity index (χ3v) is 6.91. The maximum Gasteiger partial charge on any atom is 0.319 e. The number of urea groups is 1. The number of aromatic nitrogens is 4. The van der Waals surface area contributed by atoms with Crippen molar-refractivity contribution in [2.45, 2.75) is 77.4 Å². The quantitative estimate of drug-likeness (QED) is 0.312. The number of ether oxygens (including phenoxy) is 1. The summed E-state index contributed by atoms with van der Waals surface area (Å²) in [5, 5.41) is 16.6. The highest BCUT2D eigenvalue weighted by Gasteiger charge is 2.37. The van der Waals surface area contributed by atoms with Crippen molar-refractivity contribution in [2.24, 2.45) is 0 Å². The molecule has 3 heterocycles. The van der Waals surface area contributed by atoms with Gasteiger partial charge in [-0.2, -0.15) is 0 Å². The fraction of sp³-hybridized carbons (Fsp3) is 0.556. The molecule has 1 aliphatic rings. The Morgan fingerprint density at radius 2 is 1.97 bits per heavy atom. The van der Waals surface area contributed by atoms with Crippen molar-refractivity contribution >= 4 is 28.7 Å². The Bertz CT molecular complexity index is 1220. The van der Waals surface area contributed by atoms with Crippen molar-refractivity contribution in [1.82, 2.24) is 29.7 Å². The molecule has 1 saturated heterocycles. The van der Waals surface area contributed by atoms with Gasteiger partial charge in [-0.3, -0.25) is 9.47 Å². The zero-order chi connectivity index (χ0) is 27.4. The molecule has 3 atom stereocenters. The van der Waals surface area contributed by atoms with Gasteiger partial charge < -0.3 is 26.2 Å². The van der Waals surface area contributed by atoms with Crippen molar-refractivity contribution in [3.05, 3.63) is 42.5 Å². The molecule has 2 aromatic heterocycles. The van der Waals surface area contributed by atoms with Gasteiger partial charge >= 0.3 is 6.03 Å². The highest BCUT2D eigenvalue weighted by Crippen LogP contribution is 2.32. The lowest BCUT2D eigenvalue weighted by Crippen LogP contribution is -2.40. The number of nitrogens with one attached hydrogen (secondary N) is 2. The van der Waals surface area contributed by atoms with Crippen LogP contribution in [0.1, 0.15) is 59.3 Å². The largest absolute Gasteiger partial charge is 0.388 e. The standard InChI is InChI=1S/C27H40N8O3/c1-17(2)34(12-6-11-29-26(37)33-19-9-7-18(8-10-19)27(3,4)5)14-20-13-21(36)25(38-20)35-16-32-22-23(28)30-15-31-24(22)35/h7-10,15-17,20-21,25,36H,6,11-14H2,1-5H3,(H2,28,30,31)(H2,29,33,37). The van der Waals surface area contributed by atoms with E-state index in [4.69, 9.17) is 10.5 Å². The van der Waals surface area contributed by atoms with Crippen LogP contribution in [-0.4, -0.2) is 73.4 Å². The molecule has 0 aliphatic carbocycles. The Labute approximate surface area is 223 Å². The molecule has 11 heteroatoms. The van der Waals surface area contributed by atoms with Gasteiger partial charge in [0.1, 0.15) is 17.9 Å². The van der Waals surface area contributed by atoms with E-state index in [0.717, 1.165) is 18.7 Å². The minimum atomic E-state index is -0.689. The molecular weight excluding hydrogens is 484 g/mol. The van der Waals surface area contributed by atoms with Crippen LogP contribution in [-0.2, 0) is 10.2 Å². The van der Waals surface area contributed by atoms with Gasteiger partial charge in [0.05, 0.1) is 12.4 Å². The van der Waals surface area contributed by atoms with E-state index in [2.05, 4.69) is 65.1 Å². The van der Waals surface area contributed by atoms with E-state index >= 15 is 0 Å². The number of aliphatic hydroxyl groups is 1. The molecule has 38 heavy (non-hydrogen) atoms. The number of rotatable bonds is 9. The normalized spacial score (nSPS) is 19.9. The molecule has 206 valence electrons. The number of nitrogens with zero attached hydrogens (tertiary/aromatic N) is 5. The predicted molar refractivity (Wildman–Crippen MR) is 148 cm³/mol. The summed E-state index contributed by atoms with van der Waals surface area (Å²) in [6, 6.07) is 8.01. The molecule has 1 aliphatic heterocycles. The number of carbonyl (C=O) groups excluding carboxylic acids is 1. The minimum absolute atomic E-state index is 0.0724. The molecular formula is C27H40N8O3. The fourth-order valence-electron chi connectivity index (χ4n) is 4.69. The van der Waals surface area contributed by atoms with Crippen LogP contribution in [0, 0.1) is 0 Å². The van der Waals surface area contributed by atoms with Crippen LogP contribution >= 0.6 is 0 Å². The Morgan fingerprint density at radius 1 is 1.24 bits per heavy atom. The van der Waals surface area contributed by atoms with Crippen LogP contribution in [0.2, 0.25) is 0 Å². The number of anilines is 2. The number of aliphatic hydroxyl groups excluding tert-OH is 1. The molecule has 0 bridgehead atoms. The van der Waals surface area contributed by atoms with Crippen molar-refractivity contribution in [1.29, 1.82) is 0 Å². The summed E-state index contributed by atoms with van der Waals surface area (Å²) in [7, 11) is 0. The molecule has 0 spiro atoms. The number of amides is 2. The zero-order valence-electron chi connectivity index (χ0n) is 22.9. The summed E-state index contributed by atoms with van der Waals surface area (Å²) in [5.41, 5.74) is 8.99. The summed E-state index contributed by atoms with van der Waals surface area (Å²) >= 11 is 0. The van der Waals surface area contributed by atoms with Gasteiger partial charge in [0, 0.05) is 37.8 Å². The Morgan fingerprint density at radius 3 is 2.66 bits per heavy atom. The summed E-state index contributed by atoms with van der Waals surface area (Å²) < 4.78 is 7.96. The van der Waals surface area contributed by atoms with E-state index < -0.39 is 12.3 Å². The zero-order valence-corrected chi connectivity index (χ0v) is 22.9. The van der Waals surface area contributed by atoms with Gasteiger partial charge in [-0.25, -0.2) is 19.7 Å². The van der Waals surface area contributed by atoms with Gasteiger partial charge in [0.25, 0.3) is 0 Å². The first-order valence-corrected chi connectivity index (χ1v) is 13.2. The second-order valence-corrected chi connectivity index (χ2v) is 11.2. The third kappa shape index (κ3) is 6.58. The second-order valence-electron chi connectivity index (χ2n) is 11.2. The van der Waals surface area contributed by atoms with E-state index in [1.807, 2.05) is 24.3 Å². The summed E-state index contributed by atoms with van der Waals surface area (Å²) in [6.45, 7) is 12.8. The number of nitrogen functional groups attached to an aromatic ring is 1. The van der Waals surface area contributed by atoms with E-state index in [1.165, 1.54) is 11.9 Å². The van der Waals surface area contributed by atoms with Crippen molar-refractivity contribution in [3.8, 4) is 0 Å². The number of hydrogen-bond donors (Lipinski definition) is 4. The summed E-state index contributed by atoms with van der Waals surface area (Å²) in [5.74, 6) is 0.296. The van der Waals surface area contributed by atoms with Crippen LogP contribution in [0.15, 0.2) is 36.9 Å². The molecule has 0 saturated carbocycles. The lowest BCUT2D eigenvalue weighted by molar-refractivity contribution is -0.0452. The van der Waals surface area contributed by atoms with Gasteiger partial charge in [-0.15, -0.1) is 0 Å². The lowest BCUT2D eigenvalue weighted by Gasteiger charge is -2.29. The van der Waals surface area contributed by atoms with Crippen molar-refractivity contribution in [2.75, 3.05) is 30.7 Å². The highest BCUT2D eigenvalue weighted by atomic mass is 16.5. The number of fused-ring (bicyclic) bond motifs is 1. The Kier molecular flexibility index (Phi) is 8.49. The Hall–Kier alpha value is -3.28. The van der Waals surface area contributed by atoms with Gasteiger partial charge in [-0.1, -0.05) is 32.9 Å². The van der Waals surface area contributed by atoms with Crippen molar-refractivity contribution < 1.29 is 14.6 Å². The van der Waals surface area contributed by atoms with E-state index in [1.54, 1.807) is 10.9 Å². The van der Waals surface area contributed by atoms with Crippen LogP contribution in [0.4, 0.5) is 16.3 Å². The molecule has 1 fully saturated rings. The van der Waals surface area contributed by atoms with E-state index in [-0.39, 0.29) is 23.6 Å². The maximum atomic E-state index is 12.3. The number of benzene rings is 1. The molecule has 11 nitrogen and oxygen atoms in total. The molecule has 3 unspecified atom stereocenters. The van der Waals surface area contributed by atoms with Crippen LogP contribution in [0.5, 0.6) is 0 Å². The topological polar surface area (TPSA) is 143 Å². The van der Waals surface area contributed by atoms with Crippen LogP contribution in [0.25, 0.3) is 11.2 Å². The molecule has 1 aromatic carbocycles. The van der Waals surface area contributed by atoms with Crippen LogP contribution in [0.3, 0.4) is 0 Å². The first-order valence-electron chi connectivity index (χ1n) is 13.2. The molecule has 2 amide bonds. The summed E-state index contributed by atoms with van der Waals surface area (Å²) in [4.78, 5) is 27.2. The average Bonchev–Trinajstić information content (AvgIpc) is 3.44. The van der Waals surface area contributed by atoms with Gasteiger partial charge in [0.15, 0.2) is 17.7 Å². The number of hydrogen-bond acceptors (Lipinski definition) is 8. The molecule has 3 aromatic rings. The third-order valence-electron chi connectivity index (χ3n) is 6.91. The average molecular weight is 525 g/mol. The second kappa shape index (κ2) is 11.6. The smallest absolute Gasteiger partial charge is 0.319 e. The first-order chi connectivity index (χ1) is 18.0. The van der Waals surface area contributed by atoms with Gasteiger partial charge in [0.2, 0.25) is 0 Å². The van der Waals surface area contributed by atoms with E-state index in [0.29, 0.717) is 36.5 Å². The number of carbonyl (C=O) groups is 1. The Balaban J connectivity index is 1.24. The maximum absolute atomic E-state index is 12.3. The highest BCUT2D eigenvalue weighted by molar-refractivity contribution is 5.89. The molecule has 0 radical (unpaired) electrons. The lowest BCUT2D eigenvalue weighted by atomic mass is 9.87. The predicted octanol–water partition coefficient (Wildman–Crippen LogP) is 3.28. The summed E-state index contributed by atoms with van der Waals surface area (Å²) in [6.07, 6.45) is 2.83. The van der Waals surface area contributed by atoms with Crippen LogP contribution < -0.4 is 16.4 Å². The molecule has 4 rings (SSSR count). The number of nitrogens with two attached hydrogens (primary N) is 1. The minimum Gasteiger partial charge on any atom is -0.388 e. The molecule has 5 N–H and O–H groups in total. The van der Waals surface area contributed by atoms with E-state index in [9.17, 15) is 9.90 Å². The SMILES string of the molecule is CC(C)N(CCCNC(=O)Nc1ccc(C(C)(C)C)cc1)CC1CC(O)C(n2cnc3c(N)ncnc32)O1. The van der Waals surface area contributed by atoms with Crippen molar-refractivity contribution in [3.63, 3.8) is 0 Å². The number of imidazole rings is 1. The first kappa shape index (κ1) is 27.7. The van der Waals surface area contributed by atoms with Gasteiger partial charge in [-0.05, 0) is 43.4 Å². The monoisotopic (exact) mass is 524 g/mol. The fourth-order valence-corrected chi connectivity index (χ4v) is 4.69.